The Morgan fingerprint density at radius 1 is 1.46 bits per heavy atom. The van der Waals surface area contributed by atoms with Crippen molar-refractivity contribution in [3.8, 4) is 0 Å². The molecule has 0 saturated carbocycles. The lowest BCUT2D eigenvalue weighted by Gasteiger charge is -2.02. The third-order valence-electron chi connectivity index (χ3n) is 2.08. The lowest BCUT2D eigenvalue weighted by molar-refractivity contribution is 1.17. The average molecular weight is 175 g/mol. The van der Waals surface area contributed by atoms with Gasteiger partial charge in [0.05, 0.1) is 17.2 Å². The molecule has 0 amide bonds. The van der Waals surface area contributed by atoms with Crippen LogP contribution in [0.3, 0.4) is 0 Å². The molecule has 0 fully saturated rings. The minimum Gasteiger partial charge on any atom is -0.398 e. The molecule has 0 saturated heterocycles. The Balaban J connectivity index is 3.06. The number of aromatic amines is 1. The van der Waals surface area contributed by atoms with Crippen molar-refractivity contribution < 1.29 is 0 Å². The number of rotatable bonds is 0. The first-order valence-electron chi connectivity index (χ1n) is 3.92. The summed E-state index contributed by atoms with van der Waals surface area (Å²) in [5.41, 5.74) is 7.60. The van der Waals surface area contributed by atoms with E-state index in [0.717, 1.165) is 11.1 Å². The summed E-state index contributed by atoms with van der Waals surface area (Å²) in [5.74, 6) is 0. The van der Waals surface area contributed by atoms with Crippen molar-refractivity contribution in [3.05, 3.63) is 34.4 Å². The van der Waals surface area contributed by atoms with Gasteiger partial charge in [0.25, 0.3) is 5.56 Å². The number of hydrogen-bond acceptors (Lipinski definition) is 3. The topological polar surface area (TPSA) is 71.8 Å². The van der Waals surface area contributed by atoms with Crippen LogP contribution >= 0.6 is 0 Å². The van der Waals surface area contributed by atoms with Crippen LogP contribution in [0.15, 0.2) is 23.3 Å². The van der Waals surface area contributed by atoms with E-state index in [1.165, 1.54) is 6.33 Å². The number of nitrogen functional groups attached to an aromatic ring is 1. The molecule has 0 aliphatic heterocycles. The number of nitrogens with zero attached hydrogens (tertiary/aromatic N) is 1. The van der Waals surface area contributed by atoms with Gasteiger partial charge in [-0.05, 0) is 18.6 Å². The van der Waals surface area contributed by atoms with Gasteiger partial charge in [-0.2, -0.15) is 4.98 Å². The van der Waals surface area contributed by atoms with Crippen molar-refractivity contribution in [2.24, 2.45) is 0 Å². The molecule has 2 rings (SSSR count). The number of aryl methyl sites for hydroxylation is 1. The summed E-state index contributed by atoms with van der Waals surface area (Å²) in [6.45, 7) is 1.86. The van der Waals surface area contributed by atoms with E-state index in [1.54, 1.807) is 0 Å². The van der Waals surface area contributed by atoms with E-state index in [4.69, 9.17) is 5.73 Å². The molecule has 0 atom stereocenters. The fourth-order valence-corrected chi connectivity index (χ4v) is 1.30. The highest BCUT2D eigenvalue weighted by Crippen LogP contribution is 2.18. The number of aromatic nitrogens is 2. The predicted octanol–water partition coefficient (Wildman–Crippen LogP) is 0.814. The zero-order valence-corrected chi connectivity index (χ0v) is 7.16. The van der Waals surface area contributed by atoms with Crippen LogP contribution in [0.1, 0.15) is 5.56 Å². The fraction of sp³-hybridized carbons (Fsp3) is 0.111. The molecule has 0 unspecified atom stereocenters. The molecule has 66 valence electrons. The van der Waals surface area contributed by atoms with E-state index in [1.807, 2.05) is 19.1 Å². The Kier molecular flexibility index (Phi) is 1.55. The zero-order chi connectivity index (χ0) is 9.42. The monoisotopic (exact) mass is 175 g/mol. The minimum atomic E-state index is -0.282. The van der Waals surface area contributed by atoms with Crippen LogP contribution in [-0.2, 0) is 0 Å². The van der Waals surface area contributed by atoms with Gasteiger partial charge in [0.1, 0.15) is 0 Å². The van der Waals surface area contributed by atoms with Crippen molar-refractivity contribution in [2.75, 3.05) is 5.73 Å². The predicted molar refractivity (Wildman–Crippen MR) is 51.5 cm³/mol. The highest BCUT2D eigenvalue weighted by Gasteiger charge is 2.04. The van der Waals surface area contributed by atoms with Gasteiger partial charge in [-0.1, -0.05) is 6.07 Å². The quantitative estimate of drug-likeness (QED) is 0.582. The Hall–Kier alpha value is -1.84. The second-order valence-electron chi connectivity index (χ2n) is 2.93. The Morgan fingerprint density at radius 2 is 2.23 bits per heavy atom. The normalized spacial score (nSPS) is 10.5. The van der Waals surface area contributed by atoms with Gasteiger partial charge < -0.3 is 10.7 Å². The van der Waals surface area contributed by atoms with E-state index in [-0.39, 0.29) is 5.56 Å². The molecule has 0 bridgehead atoms. The Morgan fingerprint density at radius 3 is 3.00 bits per heavy atom. The van der Waals surface area contributed by atoms with E-state index < -0.39 is 0 Å². The third-order valence-corrected chi connectivity index (χ3v) is 2.08. The lowest BCUT2D eigenvalue weighted by atomic mass is 10.1. The molecule has 0 aliphatic rings. The number of benzene rings is 1. The SMILES string of the molecule is Cc1ccc2[nH]cnc(=O)c2c1N. The first-order valence-corrected chi connectivity index (χ1v) is 3.92. The number of anilines is 1. The zero-order valence-electron chi connectivity index (χ0n) is 7.16. The van der Waals surface area contributed by atoms with E-state index in [9.17, 15) is 4.79 Å². The number of nitrogens with two attached hydrogens (primary N) is 1. The number of hydrogen-bond donors (Lipinski definition) is 2. The van der Waals surface area contributed by atoms with Crippen LogP contribution in [0, 0.1) is 6.92 Å². The van der Waals surface area contributed by atoms with Gasteiger partial charge in [-0.25, -0.2) is 0 Å². The van der Waals surface area contributed by atoms with Gasteiger partial charge in [0, 0.05) is 5.69 Å². The van der Waals surface area contributed by atoms with Crippen LogP contribution in [0.4, 0.5) is 5.69 Å². The maximum Gasteiger partial charge on any atom is 0.282 e. The van der Waals surface area contributed by atoms with Gasteiger partial charge in [0.15, 0.2) is 0 Å². The average Bonchev–Trinajstić information content (AvgIpc) is 2.12. The van der Waals surface area contributed by atoms with Crippen molar-refractivity contribution in [2.45, 2.75) is 6.92 Å². The highest BCUT2D eigenvalue weighted by atomic mass is 16.1. The van der Waals surface area contributed by atoms with E-state index in [2.05, 4.69) is 9.97 Å². The second kappa shape index (κ2) is 2.58. The summed E-state index contributed by atoms with van der Waals surface area (Å²) in [6.07, 6.45) is 1.37. The van der Waals surface area contributed by atoms with Crippen molar-refractivity contribution in [1.82, 2.24) is 9.97 Å². The molecule has 4 heteroatoms. The molecule has 1 aromatic heterocycles. The number of H-pyrrole nitrogens is 1. The summed E-state index contributed by atoms with van der Waals surface area (Å²) < 4.78 is 0. The maximum absolute atomic E-state index is 11.3. The smallest absolute Gasteiger partial charge is 0.282 e. The van der Waals surface area contributed by atoms with Gasteiger partial charge in [-0.15, -0.1) is 0 Å². The third kappa shape index (κ3) is 1.07. The Bertz CT molecular complexity index is 516. The number of fused-ring (bicyclic) bond motifs is 1. The fourth-order valence-electron chi connectivity index (χ4n) is 1.30. The van der Waals surface area contributed by atoms with Gasteiger partial charge in [0.2, 0.25) is 0 Å². The summed E-state index contributed by atoms with van der Waals surface area (Å²) in [7, 11) is 0. The van der Waals surface area contributed by atoms with Crippen molar-refractivity contribution in [3.63, 3.8) is 0 Å². The first-order chi connectivity index (χ1) is 6.20. The van der Waals surface area contributed by atoms with Crippen molar-refractivity contribution in [1.29, 1.82) is 0 Å². The Labute approximate surface area is 74.4 Å². The van der Waals surface area contributed by atoms with Gasteiger partial charge in [-0.3, -0.25) is 4.79 Å². The summed E-state index contributed by atoms with van der Waals surface area (Å²) in [6, 6.07) is 3.69. The standard InChI is InChI=1S/C9H9N3O/c1-5-2-3-6-7(8(5)10)9(13)12-4-11-6/h2-4H,10H2,1H3,(H,11,12,13). The summed E-state index contributed by atoms with van der Waals surface area (Å²) in [5, 5.41) is 0.475. The molecule has 2 aromatic rings. The summed E-state index contributed by atoms with van der Waals surface area (Å²) in [4.78, 5) is 17.8. The summed E-state index contributed by atoms with van der Waals surface area (Å²) >= 11 is 0. The number of nitrogens with one attached hydrogen (secondary N) is 1. The molecule has 13 heavy (non-hydrogen) atoms. The molecule has 4 nitrogen and oxygen atoms in total. The van der Waals surface area contributed by atoms with Crippen LogP contribution < -0.4 is 11.3 Å². The van der Waals surface area contributed by atoms with Gasteiger partial charge >= 0.3 is 0 Å². The van der Waals surface area contributed by atoms with Crippen LogP contribution in [0.2, 0.25) is 0 Å². The molecule has 1 aromatic carbocycles. The maximum atomic E-state index is 11.3. The molecule has 1 heterocycles. The molecule has 0 radical (unpaired) electrons. The largest absolute Gasteiger partial charge is 0.398 e. The molecule has 0 aliphatic carbocycles. The molecule has 0 spiro atoms. The first kappa shape index (κ1) is 7.79. The molecular formula is C9H9N3O. The van der Waals surface area contributed by atoms with Crippen LogP contribution in [0.5, 0.6) is 0 Å². The van der Waals surface area contributed by atoms with E-state index in [0.29, 0.717) is 11.1 Å². The van der Waals surface area contributed by atoms with Crippen LogP contribution in [0.25, 0.3) is 10.9 Å². The molecule has 3 N–H and O–H groups in total. The highest BCUT2D eigenvalue weighted by molar-refractivity contribution is 5.90. The minimum absolute atomic E-state index is 0.282. The van der Waals surface area contributed by atoms with Crippen molar-refractivity contribution >= 4 is 16.6 Å². The van der Waals surface area contributed by atoms with Crippen LogP contribution in [-0.4, -0.2) is 9.97 Å². The lowest BCUT2D eigenvalue weighted by Crippen LogP contribution is -2.09. The molecular weight excluding hydrogens is 166 g/mol. The van der Waals surface area contributed by atoms with E-state index >= 15 is 0 Å². The second-order valence-corrected chi connectivity index (χ2v) is 2.93.